The zero-order valence-electron chi connectivity index (χ0n) is 11.6. The minimum Gasteiger partial charge on any atom is -0.497 e. The Balaban J connectivity index is 1.68. The van der Waals surface area contributed by atoms with E-state index in [2.05, 4.69) is 10.4 Å². The standard InChI is InChI=1S/C15H19N3O2/c1-19-13-4-2-12(3-5-13)18-11-15(10-17-18)20-14-6-8-16-9-7-14/h2-5,10-11,14,16H,6-9H2,1H3. The first-order valence-electron chi connectivity index (χ1n) is 6.91. The number of rotatable bonds is 4. The van der Waals surface area contributed by atoms with Gasteiger partial charge in [0.15, 0.2) is 5.75 Å². The zero-order valence-corrected chi connectivity index (χ0v) is 11.6. The first kappa shape index (κ1) is 13.0. The molecule has 0 saturated carbocycles. The summed E-state index contributed by atoms with van der Waals surface area (Å²) in [6, 6.07) is 7.79. The van der Waals surface area contributed by atoms with Crippen LogP contribution in [0.5, 0.6) is 11.5 Å². The van der Waals surface area contributed by atoms with E-state index in [9.17, 15) is 0 Å². The summed E-state index contributed by atoms with van der Waals surface area (Å²) in [4.78, 5) is 0. The predicted molar refractivity (Wildman–Crippen MR) is 76.6 cm³/mol. The van der Waals surface area contributed by atoms with E-state index in [0.29, 0.717) is 6.10 Å². The molecule has 0 aliphatic carbocycles. The number of aromatic nitrogens is 2. The molecule has 2 heterocycles. The molecule has 0 unspecified atom stereocenters. The van der Waals surface area contributed by atoms with Gasteiger partial charge in [-0.25, -0.2) is 4.68 Å². The molecule has 5 heteroatoms. The van der Waals surface area contributed by atoms with E-state index in [0.717, 1.165) is 43.1 Å². The minimum absolute atomic E-state index is 0.296. The first-order chi connectivity index (χ1) is 9.85. The summed E-state index contributed by atoms with van der Waals surface area (Å²) in [7, 11) is 1.66. The SMILES string of the molecule is COc1ccc(-n2cc(OC3CCNCC3)cn2)cc1. The van der Waals surface area contributed by atoms with Gasteiger partial charge in [0.25, 0.3) is 0 Å². The van der Waals surface area contributed by atoms with Gasteiger partial charge in [-0.2, -0.15) is 5.10 Å². The van der Waals surface area contributed by atoms with Crippen LogP contribution in [0.15, 0.2) is 36.7 Å². The molecule has 0 bridgehead atoms. The fourth-order valence-electron chi connectivity index (χ4n) is 2.35. The van der Waals surface area contributed by atoms with Gasteiger partial charge < -0.3 is 14.8 Å². The molecule has 1 fully saturated rings. The van der Waals surface area contributed by atoms with E-state index in [1.54, 1.807) is 13.3 Å². The second-order valence-electron chi connectivity index (χ2n) is 4.89. The summed E-state index contributed by atoms with van der Waals surface area (Å²) in [6.07, 6.45) is 6.09. The van der Waals surface area contributed by atoms with Crippen LogP contribution in [0.1, 0.15) is 12.8 Å². The molecule has 1 aromatic carbocycles. The van der Waals surface area contributed by atoms with Gasteiger partial charge in [-0.3, -0.25) is 0 Å². The number of hydrogen-bond acceptors (Lipinski definition) is 4. The van der Waals surface area contributed by atoms with Crippen LogP contribution < -0.4 is 14.8 Å². The highest BCUT2D eigenvalue weighted by atomic mass is 16.5. The normalized spacial score (nSPS) is 16.1. The van der Waals surface area contributed by atoms with E-state index in [1.165, 1.54) is 0 Å². The lowest BCUT2D eigenvalue weighted by Crippen LogP contribution is -2.34. The highest BCUT2D eigenvalue weighted by Crippen LogP contribution is 2.19. The second-order valence-corrected chi connectivity index (χ2v) is 4.89. The topological polar surface area (TPSA) is 48.3 Å². The van der Waals surface area contributed by atoms with E-state index in [4.69, 9.17) is 9.47 Å². The molecule has 3 rings (SSSR count). The zero-order chi connectivity index (χ0) is 13.8. The van der Waals surface area contributed by atoms with Gasteiger partial charge in [0.1, 0.15) is 11.9 Å². The van der Waals surface area contributed by atoms with Crippen molar-refractivity contribution in [2.45, 2.75) is 18.9 Å². The number of nitrogens with zero attached hydrogens (tertiary/aromatic N) is 2. The third-order valence-electron chi connectivity index (χ3n) is 3.48. The molecular formula is C15H19N3O2. The van der Waals surface area contributed by atoms with Crippen molar-refractivity contribution in [1.29, 1.82) is 0 Å². The summed E-state index contributed by atoms with van der Waals surface area (Å²) in [5.41, 5.74) is 0.992. The molecule has 0 spiro atoms. The molecule has 106 valence electrons. The molecule has 5 nitrogen and oxygen atoms in total. The Morgan fingerprint density at radius 2 is 1.90 bits per heavy atom. The summed E-state index contributed by atoms with van der Waals surface area (Å²) < 4.78 is 12.9. The molecule has 0 amide bonds. The van der Waals surface area contributed by atoms with Crippen LogP contribution >= 0.6 is 0 Å². The highest BCUT2D eigenvalue weighted by molar-refractivity contribution is 5.37. The van der Waals surface area contributed by atoms with Crippen LogP contribution in [0, 0.1) is 0 Å². The van der Waals surface area contributed by atoms with Gasteiger partial charge in [0.05, 0.1) is 25.2 Å². The van der Waals surface area contributed by atoms with Crippen LogP contribution in [0.4, 0.5) is 0 Å². The van der Waals surface area contributed by atoms with Crippen LogP contribution in [0.3, 0.4) is 0 Å². The average molecular weight is 273 g/mol. The van der Waals surface area contributed by atoms with Gasteiger partial charge in [0.2, 0.25) is 0 Å². The fourth-order valence-corrected chi connectivity index (χ4v) is 2.35. The lowest BCUT2D eigenvalue weighted by Gasteiger charge is -2.22. The van der Waals surface area contributed by atoms with Gasteiger partial charge in [-0.1, -0.05) is 0 Å². The molecule has 2 aromatic rings. The molecule has 1 aliphatic rings. The van der Waals surface area contributed by atoms with Crippen molar-refractivity contribution in [2.75, 3.05) is 20.2 Å². The van der Waals surface area contributed by atoms with Crippen molar-refractivity contribution in [2.24, 2.45) is 0 Å². The molecule has 0 radical (unpaired) electrons. The Hall–Kier alpha value is -2.01. The number of piperidine rings is 1. The van der Waals surface area contributed by atoms with Gasteiger partial charge in [0, 0.05) is 0 Å². The summed E-state index contributed by atoms with van der Waals surface area (Å²) in [5.74, 6) is 1.67. The third-order valence-corrected chi connectivity index (χ3v) is 3.48. The second kappa shape index (κ2) is 5.96. The average Bonchev–Trinajstić information content (AvgIpc) is 2.97. The molecule has 1 N–H and O–H groups in total. The molecular weight excluding hydrogens is 254 g/mol. The van der Waals surface area contributed by atoms with Crippen molar-refractivity contribution in [3.05, 3.63) is 36.7 Å². The number of benzene rings is 1. The molecule has 1 aliphatic heterocycles. The maximum Gasteiger partial charge on any atom is 0.158 e. The van der Waals surface area contributed by atoms with Crippen molar-refractivity contribution >= 4 is 0 Å². The van der Waals surface area contributed by atoms with E-state index >= 15 is 0 Å². The van der Waals surface area contributed by atoms with Gasteiger partial charge in [-0.05, 0) is 50.2 Å². The Morgan fingerprint density at radius 3 is 2.60 bits per heavy atom. The third kappa shape index (κ3) is 2.93. The van der Waals surface area contributed by atoms with Gasteiger partial charge >= 0.3 is 0 Å². The van der Waals surface area contributed by atoms with Crippen molar-refractivity contribution in [1.82, 2.24) is 15.1 Å². The maximum atomic E-state index is 5.95. The Morgan fingerprint density at radius 1 is 1.15 bits per heavy atom. The number of nitrogens with one attached hydrogen (secondary N) is 1. The first-order valence-corrected chi connectivity index (χ1v) is 6.91. The minimum atomic E-state index is 0.296. The van der Waals surface area contributed by atoms with Crippen molar-refractivity contribution in [3.63, 3.8) is 0 Å². The summed E-state index contributed by atoms with van der Waals surface area (Å²) in [6.45, 7) is 2.05. The Labute approximate surface area is 118 Å². The summed E-state index contributed by atoms with van der Waals surface area (Å²) in [5, 5.41) is 7.67. The number of methoxy groups -OCH3 is 1. The Bertz CT molecular complexity index is 545. The van der Waals surface area contributed by atoms with Crippen LogP contribution in [0.25, 0.3) is 5.69 Å². The van der Waals surface area contributed by atoms with Crippen molar-refractivity contribution in [3.8, 4) is 17.2 Å². The smallest absolute Gasteiger partial charge is 0.158 e. The summed E-state index contributed by atoms with van der Waals surface area (Å²) >= 11 is 0. The number of ether oxygens (including phenoxy) is 2. The van der Waals surface area contributed by atoms with Crippen molar-refractivity contribution < 1.29 is 9.47 Å². The van der Waals surface area contributed by atoms with E-state index in [-0.39, 0.29) is 0 Å². The molecule has 20 heavy (non-hydrogen) atoms. The van der Waals surface area contributed by atoms with Crippen LogP contribution in [-0.4, -0.2) is 36.1 Å². The fraction of sp³-hybridized carbons (Fsp3) is 0.400. The molecule has 0 atom stereocenters. The monoisotopic (exact) mass is 273 g/mol. The quantitative estimate of drug-likeness (QED) is 0.925. The van der Waals surface area contributed by atoms with Crippen LogP contribution in [-0.2, 0) is 0 Å². The number of hydrogen-bond donors (Lipinski definition) is 1. The predicted octanol–water partition coefficient (Wildman–Crippen LogP) is 2.01. The maximum absolute atomic E-state index is 5.95. The lowest BCUT2D eigenvalue weighted by molar-refractivity contribution is 0.162. The van der Waals surface area contributed by atoms with Gasteiger partial charge in [-0.15, -0.1) is 0 Å². The lowest BCUT2D eigenvalue weighted by atomic mass is 10.1. The largest absolute Gasteiger partial charge is 0.497 e. The van der Waals surface area contributed by atoms with E-state index in [1.807, 2.05) is 35.1 Å². The molecule has 1 saturated heterocycles. The van der Waals surface area contributed by atoms with Crippen LogP contribution in [0.2, 0.25) is 0 Å². The Kier molecular flexibility index (Phi) is 3.87. The molecule has 1 aromatic heterocycles. The van der Waals surface area contributed by atoms with E-state index < -0.39 is 0 Å². The highest BCUT2D eigenvalue weighted by Gasteiger charge is 2.15.